The first-order valence-electron chi connectivity index (χ1n) is 8.83. The Hall–Kier alpha value is -2.34. The van der Waals surface area contributed by atoms with E-state index in [1.54, 1.807) is 39.4 Å². The van der Waals surface area contributed by atoms with E-state index in [1.807, 2.05) is 6.07 Å². The maximum Gasteiger partial charge on any atom is 0.249 e. The van der Waals surface area contributed by atoms with Crippen LogP contribution in [-0.2, 0) is 21.4 Å². The van der Waals surface area contributed by atoms with Crippen LogP contribution in [0.25, 0.3) is 10.6 Å². The highest BCUT2D eigenvalue weighted by Gasteiger charge is 2.28. The van der Waals surface area contributed by atoms with Gasteiger partial charge in [0, 0.05) is 39.1 Å². The van der Waals surface area contributed by atoms with Crippen molar-refractivity contribution < 1.29 is 13.2 Å². The van der Waals surface area contributed by atoms with Gasteiger partial charge in [-0.15, -0.1) is 0 Å². The minimum Gasteiger partial charge on any atom is -0.303 e. The molecule has 3 heterocycles. The molecule has 0 spiro atoms. The summed E-state index contributed by atoms with van der Waals surface area (Å²) in [6, 6.07) is 3.65. The van der Waals surface area contributed by atoms with Crippen molar-refractivity contribution in [1.29, 1.82) is 0 Å². The molecule has 1 amide bonds. The minimum atomic E-state index is -3.67. The molecule has 160 valence electrons. The molecule has 0 unspecified atom stereocenters. The summed E-state index contributed by atoms with van der Waals surface area (Å²) in [5, 5.41) is 5.60. The number of anilines is 1. The first-order valence-corrected chi connectivity index (χ1v) is 11.5. The third-order valence-electron chi connectivity index (χ3n) is 4.50. The topological polar surface area (TPSA) is 101 Å². The molecule has 0 fully saturated rings. The van der Waals surface area contributed by atoms with E-state index in [0.29, 0.717) is 21.4 Å². The number of nitrogens with zero attached hydrogens (tertiary/aromatic N) is 6. The third-order valence-corrected chi connectivity index (χ3v) is 8.12. The molecule has 0 bridgehead atoms. The predicted octanol–water partition coefficient (Wildman–Crippen LogP) is 2.59. The van der Waals surface area contributed by atoms with E-state index < -0.39 is 10.0 Å². The molecule has 0 saturated heterocycles. The first kappa shape index (κ1) is 22.3. The summed E-state index contributed by atoms with van der Waals surface area (Å²) in [5.74, 6) is -0.308. The summed E-state index contributed by atoms with van der Waals surface area (Å²) in [5.41, 5.74) is 1.54. The zero-order valence-electron chi connectivity index (χ0n) is 17.1. The van der Waals surface area contributed by atoms with Crippen LogP contribution in [0.15, 0.2) is 29.4 Å². The molecule has 0 N–H and O–H groups in total. The highest BCUT2D eigenvalue weighted by atomic mass is 35.5. The maximum atomic E-state index is 12.9. The van der Waals surface area contributed by atoms with Crippen molar-refractivity contribution in [3.05, 3.63) is 41.1 Å². The number of amides is 1. The number of carbonyl (C=O) groups excluding carboxylic acids is 1. The normalized spacial score (nSPS) is 11.8. The molecule has 12 heteroatoms. The van der Waals surface area contributed by atoms with Crippen molar-refractivity contribution in [3.8, 4) is 10.6 Å². The van der Waals surface area contributed by atoms with E-state index in [-0.39, 0.29) is 22.5 Å². The van der Waals surface area contributed by atoms with Crippen molar-refractivity contribution >= 4 is 43.9 Å². The first-order chi connectivity index (χ1) is 14.0. The number of thiazole rings is 1. The molecule has 3 aromatic heterocycles. The Morgan fingerprint density at radius 2 is 1.97 bits per heavy atom. The summed E-state index contributed by atoms with van der Waals surface area (Å²) < 4.78 is 27.6. The molecular formula is C18H21ClN6O3S2. The number of aromatic nitrogens is 4. The minimum absolute atomic E-state index is 0.109. The molecule has 0 saturated carbocycles. The average Bonchev–Trinajstić information content (AvgIpc) is 3.21. The number of halogens is 1. The highest BCUT2D eigenvalue weighted by Crippen LogP contribution is 2.37. The van der Waals surface area contributed by atoms with Gasteiger partial charge in [-0.2, -0.15) is 5.10 Å². The molecule has 0 aliphatic heterocycles. The smallest absolute Gasteiger partial charge is 0.249 e. The summed E-state index contributed by atoms with van der Waals surface area (Å²) in [4.78, 5) is 22.8. The van der Waals surface area contributed by atoms with Crippen LogP contribution in [-0.4, -0.2) is 59.5 Å². The Bertz CT molecular complexity index is 1190. The number of hydrogen-bond donors (Lipinski definition) is 0. The number of aryl methyl sites for hydroxylation is 1. The van der Waals surface area contributed by atoms with E-state index in [4.69, 9.17) is 11.6 Å². The second kappa shape index (κ2) is 8.42. The van der Waals surface area contributed by atoms with Crippen LogP contribution in [0.1, 0.15) is 11.4 Å². The SMILES string of the molecule is Cc1nn(CC(=O)N(C)c2sc(-c3cccnc3)nc2Cl)c(C)c1S(=O)(=O)N(C)C. The molecular weight excluding hydrogens is 448 g/mol. The molecule has 0 aliphatic rings. The van der Waals surface area contributed by atoms with Crippen LogP contribution >= 0.6 is 22.9 Å². The molecule has 0 aromatic carbocycles. The molecule has 9 nitrogen and oxygen atoms in total. The van der Waals surface area contributed by atoms with Crippen molar-refractivity contribution in [2.45, 2.75) is 25.3 Å². The lowest BCUT2D eigenvalue weighted by molar-refractivity contribution is -0.119. The van der Waals surface area contributed by atoms with Gasteiger partial charge in [-0.25, -0.2) is 17.7 Å². The second-order valence-electron chi connectivity index (χ2n) is 6.75. The fraction of sp³-hybridized carbons (Fsp3) is 0.333. The molecule has 0 aliphatic carbocycles. The van der Waals surface area contributed by atoms with Gasteiger partial charge >= 0.3 is 0 Å². The number of pyridine rings is 1. The van der Waals surface area contributed by atoms with E-state index in [1.165, 1.54) is 35.0 Å². The molecule has 30 heavy (non-hydrogen) atoms. The van der Waals surface area contributed by atoms with Crippen LogP contribution in [0.2, 0.25) is 5.15 Å². The van der Waals surface area contributed by atoms with Crippen LogP contribution in [0.4, 0.5) is 5.00 Å². The fourth-order valence-corrected chi connectivity index (χ4v) is 5.41. The number of likely N-dealkylation sites (N-methyl/N-ethyl adjacent to an activating group) is 1. The lowest BCUT2D eigenvalue weighted by Gasteiger charge is -2.16. The van der Waals surface area contributed by atoms with E-state index in [0.717, 1.165) is 9.87 Å². The van der Waals surface area contributed by atoms with Gasteiger partial charge in [0.25, 0.3) is 0 Å². The van der Waals surface area contributed by atoms with Gasteiger partial charge in [0.2, 0.25) is 15.9 Å². The van der Waals surface area contributed by atoms with Gasteiger partial charge in [-0.3, -0.25) is 14.5 Å². The van der Waals surface area contributed by atoms with Crippen molar-refractivity contribution in [2.75, 3.05) is 26.0 Å². The zero-order valence-corrected chi connectivity index (χ0v) is 19.5. The van der Waals surface area contributed by atoms with Gasteiger partial charge in [-0.1, -0.05) is 22.9 Å². The second-order valence-corrected chi connectivity index (χ2v) is 10.2. The summed E-state index contributed by atoms with van der Waals surface area (Å²) in [6.45, 7) is 3.10. The highest BCUT2D eigenvalue weighted by molar-refractivity contribution is 7.89. The van der Waals surface area contributed by atoms with Crippen LogP contribution in [0.5, 0.6) is 0 Å². The van der Waals surface area contributed by atoms with Gasteiger partial charge in [-0.05, 0) is 26.0 Å². The molecule has 3 aromatic rings. The van der Waals surface area contributed by atoms with Gasteiger partial charge in [0.1, 0.15) is 21.4 Å². The Labute approximate surface area is 184 Å². The van der Waals surface area contributed by atoms with Crippen LogP contribution in [0, 0.1) is 13.8 Å². The summed E-state index contributed by atoms with van der Waals surface area (Å²) >= 11 is 7.54. The number of rotatable bonds is 6. The average molecular weight is 469 g/mol. The lowest BCUT2D eigenvalue weighted by atomic mass is 10.3. The lowest BCUT2D eigenvalue weighted by Crippen LogP contribution is -2.30. The Morgan fingerprint density at radius 3 is 2.57 bits per heavy atom. The zero-order chi connectivity index (χ0) is 22.2. The van der Waals surface area contributed by atoms with Crippen molar-refractivity contribution in [1.82, 2.24) is 24.1 Å². The monoisotopic (exact) mass is 468 g/mol. The van der Waals surface area contributed by atoms with Crippen LogP contribution < -0.4 is 4.90 Å². The van der Waals surface area contributed by atoms with E-state index in [9.17, 15) is 13.2 Å². The van der Waals surface area contributed by atoms with Gasteiger partial charge in [0.05, 0.1) is 11.4 Å². The maximum absolute atomic E-state index is 12.9. The summed E-state index contributed by atoms with van der Waals surface area (Å²) in [7, 11) is 0.835. The van der Waals surface area contributed by atoms with Crippen molar-refractivity contribution in [2.24, 2.45) is 0 Å². The Morgan fingerprint density at radius 1 is 1.27 bits per heavy atom. The van der Waals surface area contributed by atoms with E-state index in [2.05, 4.69) is 15.1 Å². The van der Waals surface area contributed by atoms with E-state index >= 15 is 0 Å². The Balaban J connectivity index is 1.87. The molecule has 0 atom stereocenters. The number of hydrogen-bond acceptors (Lipinski definition) is 7. The largest absolute Gasteiger partial charge is 0.303 e. The number of sulfonamides is 1. The third kappa shape index (κ3) is 4.10. The predicted molar refractivity (Wildman–Crippen MR) is 116 cm³/mol. The molecule has 3 rings (SSSR count). The number of carbonyl (C=O) groups is 1. The standard InChI is InChI=1S/C18H21ClN6O3S2/c1-11-15(30(27,28)23(3)4)12(2)25(22-11)10-14(26)24(5)18-16(19)21-17(29-18)13-7-6-8-20-9-13/h6-9H,10H2,1-5H3. The fourth-order valence-electron chi connectivity index (χ4n) is 2.85. The van der Waals surface area contributed by atoms with Gasteiger partial charge in [0.15, 0.2) is 5.15 Å². The van der Waals surface area contributed by atoms with Crippen LogP contribution in [0.3, 0.4) is 0 Å². The molecule has 0 radical (unpaired) electrons. The summed E-state index contributed by atoms with van der Waals surface area (Å²) in [6.07, 6.45) is 3.33. The Kier molecular flexibility index (Phi) is 6.27. The van der Waals surface area contributed by atoms with Gasteiger partial charge < -0.3 is 4.90 Å². The quantitative estimate of drug-likeness (QED) is 0.551. The van der Waals surface area contributed by atoms with Crippen molar-refractivity contribution in [3.63, 3.8) is 0 Å².